The van der Waals surface area contributed by atoms with Crippen LogP contribution < -0.4 is 0 Å². The van der Waals surface area contributed by atoms with Crippen LogP contribution in [-0.2, 0) is 6.42 Å². The summed E-state index contributed by atoms with van der Waals surface area (Å²) in [5.41, 5.74) is 3.48. The highest BCUT2D eigenvalue weighted by Crippen LogP contribution is 2.23. The van der Waals surface area contributed by atoms with E-state index in [4.69, 9.17) is 11.6 Å². The Kier molecular flexibility index (Phi) is 3.45. The van der Waals surface area contributed by atoms with Crippen molar-refractivity contribution in [1.29, 1.82) is 0 Å². The second-order valence-corrected chi connectivity index (χ2v) is 5.10. The zero-order chi connectivity index (χ0) is 14.1. The minimum atomic E-state index is -0.197. The summed E-state index contributed by atoms with van der Waals surface area (Å²) >= 11 is 5.87. The van der Waals surface area contributed by atoms with Gasteiger partial charge < -0.3 is 0 Å². The van der Waals surface area contributed by atoms with Crippen LogP contribution in [-0.4, -0.2) is 15.4 Å². The van der Waals surface area contributed by atoms with E-state index in [-0.39, 0.29) is 5.82 Å². The predicted molar refractivity (Wildman–Crippen MR) is 80.2 cm³/mol. The van der Waals surface area contributed by atoms with Gasteiger partial charge in [-0.1, -0.05) is 12.1 Å². The lowest BCUT2D eigenvalue weighted by Crippen LogP contribution is -2.03. The number of para-hydroxylation sites is 2. The van der Waals surface area contributed by atoms with Crippen LogP contribution in [0.3, 0.4) is 0 Å². The molecule has 1 heterocycles. The van der Waals surface area contributed by atoms with Gasteiger partial charge in [0.15, 0.2) is 0 Å². The number of aromatic nitrogens is 2. The largest absolute Gasteiger partial charge is 0.296 e. The number of halogens is 2. The van der Waals surface area contributed by atoms with Crippen molar-refractivity contribution in [3.05, 3.63) is 59.7 Å². The molecule has 0 amide bonds. The van der Waals surface area contributed by atoms with Gasteiger partial charge in [0.2, 0.25) is 0 Å². The van der Waals surface area contributed by atoms with Gasteiger partial charge in [-0.25, -0.2) is 9.37 Å². The van der Waals surface area contributed by atoms with Gasteiger partial charge in [0.1, 0.15) is 11.6 Å². The van der Waals surface area contributed by atoms with Crippen LogP contribution in [0.25, 0.3) is 16.7 Å². The molecule has 0 unspecified atom stereocenters. The maximum absolute atomic E-state index is 13.5. The summed E-state index contributed by atoms with van der Waals surface area (Å²) < 4.78 is 15.5. The number of hydrogen-bond donors (Lipinski definition) is 0. The summed E-state index contributed by atoms with van der Waals surface area (Å²) in [6, 6.07) is 13.0. The third-order valence-electron chi connectivity index (χ3n) is 3.35. The zero-order valence-corrected chi connectivity index (χ0v) is 11.9. The van der Waals surface area contributed by atoms with Gasteiger partial charge in [-0.2, -0.15) is 0 Å². The first kappa shape index (κ1) is 13.1. The van der Waals surface area contributed by atoms with Gasteiger partial charge >= 0.3 is 0 Å². The standard InChI is InChI=1S/C16H14ClFN2/c1-11-10-12(6-7-13(11)18)20-15-5-3-2-4-14(15)19-16(20)8-9-17/h2-7,10H,8-9H2,1H3. The number of nitrogens with zero attached hydrogens (tertiary/aromatic N) is 2. The summed E-state index contributed by atoms with van der Waals surface area (Å²) in [5, 5.41) is 0. The van der Waals surface area contributed by atoms with E-state index in [1.54, 1.807) is 13.0 Å². The van der Waals surface area contributed by atoms with Crippen LogP contribution in [0, 0.1) is 12.7 Å². The van der Waals surface area contributed by atoms with E-state index in [0.29, 0.717) is 17.9 Å². The first-order valence-corrected chi connectivity index (χ1v) is 7.03. The fourth-order valence-electron chi connectivity index (χ4n) is 2.38. The van der Waals surface area contributed by atoms with E-state index in [9.17, 15) is 4.39 Å². The van der Waals surface area contributed by atoms with E-state index in [1.807, 2.05) is 34.9 Å². The van der Waals surface area contributed by atoms with Crippen LogP contribution in [0.1, 0.15) is 11.4 Å². The number of aryl methyl sites for hydroxylation is 2. The third kappa shape index (κ3) is 2.18. The van der Waals surface area contributed by atoms with Crippen molar-refractivity contribution < 1.29 is 4.39 Å². The SMILES string of the molecule is Cc1cc(-n2c(CCCl)nc3ccccc32)ccc1F. The molecule has 0 bridgehead atoms. The average Bonchev–Trinajstić information content (AvgIpc) is 2.80. The Morgan fingerprint density at radius 1 is 1.20 bits per heavy atom. The number of fused-ring (bicyclic) bond motifs is 1. The van der Waals surface area contributed by atoms with Crippen LogP contribution in [0.5, 0.6) is 0 Å². The van der Waals surface area contributed by atoms with E-state index in [2.05, 4.69) is 4.98 Å². The molecule has 2 aromatic carbocycles. The molecule has 0 aliphatic rings. The smallest absolute Gasteiger partial charge is 0.126 e. The van der Waals surface area contributed by atoms with E-state index >= 15 is 0 Å². The fourth-order valence-corrected chi connectivity index (χ4v) is 2.55. The summed E-state index contributed by atoms with van der Waals surface area (Å²) in [6.07, 6.45) is 0.673. The minimum Gasteiger partial charge on any atom is -0.296 e. The van der Waals surface area contributed by atoms with Crippen molar-refractivity contribution in [2.45, 2.75) is 13.3 Å². The minimum absolute atomic E-state index is 0.197. The highest BCUT2D eigenvalue weighted by atomic mass is 35.5. The fraction of sp³-hybridized carbons (Fsp3) is 0.188. The summed E-state index contributed by atoms with van der Waals surface area (Å²) in [6.45, 7) is 1.76. The second-order valence-electron chi connectivity index (χ2n) is 4.72. The molecule has 102 valence electrons. The van der Waals surface area contributed by atoms with Gasteiger partial charge in [-0.3, -0.25) is 4.57 Å². The number of rotatable bonds is 3. The lowest BCUT2D eigenvalue weighted by molar-refractivity contribution is 0.618. The van der Waals surface area contributed by atoms with Crippen molar-refractivity contribution in [3.63, 3.8) is 0 Å². The first-order chi connectivity index (χ1) is 9.70. The Morgan fingerprint density at radius 3 is 2.75 bits per heavy atom. The van der Waals surface area contributed by atoms with Crippen LogP contribution in [0.15, 0.2) is 42.5 Å². The monoisotopic (exact) mass is 288 g/mol. The highest BCUT2D eigenvalue weighted by Gasteiger charge is 2.12. The van der Waals surface area contributed by atoms with Crippen LogP contribution in [0.2, 0.25) is 0 Å². The first-order valence-electron chi connectivity index (χ1n) is 6.49. The predicted octanol–water partition coefficient (Wildman–Crippen LogP) is 4.25. The maximum atomic E-state index is 13.5. The third-order valence-corrected chi connectivity index (χ3v) is 3.54. The van der Waals surface area contributed by atoms with Crippen LogP contribution in [0.4, 0.5) is 4.39 Å². The molecule has 0 saturated carbocycles. The number of hydrogen-bond acceptors (Lipinski definition) is 1. The van der Waals surface area contributed by atoms with Gasteiger partial charge in [-0.05, 0) is 42.8 Å². The molecular weight excluding hydrogens is 275 g/mol. The molecular formula is C16H14ClFN2. The quantitative estimate of drug-likeness (QED) is 0.659. The summed E-state index contributed by atoms with van der Waals surface area (Å²) in [7, 11) is 0. The molecule has 20 heavy (non-hydrogen) atoms. The molecule has 3 rings (SSSR count). The van der Waals surface area contributed by atoms with Gasteiger partial charge in [0.05, 0.1) is 11.0 Å². The van der Waals surface area contributed by atoms with Crippen molar-refractivity contribution in [3.8, 4) is 5.69 Å². The molecule has 0 N–H and O–H groups in total. The molecule has 1 aromatic heterocycles. The van der Waals surface area contributed by atoms with E-state index in [1.165, 1.54) is 6.07 Å². The van der Waals surface area contributed by atoms with Crippen molar-refractivity contribution in [2.24, 2.45) is 0 Å². The van der Waals surface area contributed by atoms with Crippen LogP contribution >= 0.6 is 11.6 Å². The van der Waals surface area contributed by atoms with Gasteiger partial charge in [-0.15, -0.1) is 11.6 Å². The molecule has 0 fully saturated rings. The second kappa shape index (κ2) is 5.25. The number of alkyl halides is 1. The molecule has 4 heteroatoms. The van der Waals surface area contributed by atoms with Crippen molar-refractivity contribution in [2.75, 3.05) is 5.88 Å². The summed E-state index contributed by atoms with van der Waals surface area (Å²) in [5.74, 6) is 1.20. The topological polar surface area (TPSA) is 17.8 Å². The van der Waals surface area contributed by atoms with Crippen molar-refractivity contribution in [1.82, 2.24) is 9.55 Å². The molecule has 2 nitrogen and oxygen atoms in total. The molecule has 0 spiro atoms. The molecule has 3 aromatic rings. The number of benzene rings is 2. The maximum Gasteiger partial charge on any atom is 0.126 e. The molecule has 0 aliphatic heterocycles. The Labute approximate surface area is 121 Å². The van der Waals surface area contributed by atoms with Gasteiger partial charge in [0, 0.05) is 18.0 Å². The molecule has 0 aliphatic carbocycles. The average molecular weight is 289 g/mol. The lowest BCUT2D eigenvalue weighted by atomic mass is 10.2. The molecule has 0 saturated heterocycles. The highest BCUT2D eigenvalue weighted by molar-refractivity contribution is 6.17. The lowest BCUT2D eigenvalue weighted by Gasteiger charge is -2.10. The molecule has 0 atom stereocenters. The zero-order valence-electron chi connectivity index (χ0n) is 11.1. The van der Waals surface area contributed by atoms with E-state index in [0.717, 1.165) is 22.5 Å². The Balaban J connectivity index is 2.26. The molecule has 0 radical (unpaired) electrons. The Morgan fingerprint density at radius 2 is 2.00 bits per heavy atom. The normalized spacial score (nSPS) is 11.2. The Hall–Kier alpha value is -1.87. The number of imidazole rings is 1. The summed E-state index contributed by atoms with van der Waals surface area (Å²) in [4.78, 5) is 4.62. The van der Waals surface area contributed by atoms with Crippen molar-refractivity contribution >= 4 is 22.6 Å². The Bertz CT molecular complexity index is 764. The van der Waals surface area contributed by atoms with E-state index < -0.39 is 0 Å². The van der Waals surface area contributed by atoms with Gasteiger partial charge in [0.25, 0.3) is 0 Å².